The van der Waals surface area contributed by atoms with Crippen LogP contribution in [0.2, 0.25) is 0 Å². The number of nitrogens with zero attached hydrogens (tertiary/aromatic N) is 1. The first kappa shape index (κ1) is 14.4. The van der Waals surface area contributed by atoms with E-state index in [0.29, 0.717) is 18.2 Å². The van der Waals surface area contributed by atoms with Gasteiger partial charge in [-0.25, -0.2) is 8.78 Å². The van der Waals surface area contributed by atoms with E-state index >= 15 is 0 Å². The van der Waals surface area contributed by atoms with Crippen molar-refractivity contribution in [3.63, 3.8) is 0 Å². The zero-order valence-corrected chi connectivity index (χ0v) is 10.6. The van der Waals surface area contributed by atoms with E-state index in [1.807, 2.05) is 0 Å². The normalized spacial score (nSPS) is 21.0. The van der Waals surface area contributed by atoms with Gasteiger partial charge in [0.25, 0.3) is 0 Å². The van der Waals surface area contributed by atoms with E-state index in [-0.39, 0.29) is 12.4 Å². The second-order valence-corrected chi connectivity index (χ2v) is 4.26. The highest BCUT2D eigenvalue weighted by atomic mass is 35.5. The fourth-order valence-electron chi connectivity index (χ4n) is 1.99. The van der Waals surface area contributed by atoms with Gasteiger partial charge in [-0.15, -0.1) is 12.4 Å². The van der Waals surface area contributed by atoms with Gasteiger partial charge in [-0.1, -0.05) is 6.07 Å². The summed E-state index contributed by atoms with van der Waals surface area (Å²) in [6.45, 7) is 5.40. The number of nitrogens with one attached hydrogen (secondary N) is 1. The van der Waals surface area contributed by atoms with Gasteiger partial charge in [-0.3, -0.25) is 4.90 Å². The standard InChI is InChI=1S/C12H16F2N2.ClH/c1-9-7-15-4-5-16(9)8-10-2-3-11(13)6-12(10)14;/h2-3,6,9,15H,4-5,7-8H2,1H3;1H/t9-;/m1./s1. The van der Waals surface area contributed by atoms with E-state index in [1.54, 1.807) is 0 Å². The van der Waals surface area contributed by atoms with Crippen molar-refractivity contribution in [1.29, 1.82) is 0 Å². The van der Waals surface area contributed by atoms with Crippen molar-refractivity contribution in [1.82, 2.24) is 10.2 Å². The lowest BCUT2D eigenvalue weighted by molar-refractivity contribution is 0.163. The molecule has 2 rings (SSSR count). The molecule has 0 spiro atoms. The summed E-state index contributed by atoms with van der Waals surface area (Å²) in [5.41, 5.74) is 0.565. The van der Waals surface area contributed by atoms with Gasteiger partial charge in [0.1, 0.15) is 11.6 Å². The second-order valence-electron chi connectivity index (χ2n) is 4.26. The van der Waals surface area contributed by atoms with Crippen LogP contribution in [-0.4, -0.2) is 30.6 Å². The molecule has 0 bridgehead atoms. The highest BCUT2D eigenvalue weighted by Crippen LogP contribution is 2.14. The van der Waals surface area contributed by atoms with E-state index in [9.17, 15) is 8.78 Å². The van der Waals surface area contributed by atoms with Gasteiger partial charge in [0.05, 0.1) is 0 Å². The van der Waals surface area contributed by atoms with Crippen LogP contribution in [0.1, 0.15) is 12.5 Å². The van der Waals surface area contributed by atoms with Crippen molar-refractivity contribution in [2.75, 3.05) is 19.6 Å². The van der Waals surface area contributed by atoms with Gasteiger partial charge in [0.15, 0.2) is 0 Å². The number of benzene rings is 1. The number of rotatable bonds is 2. The van der Waals surface area contributed by atoms with Crippen LogP contribution in [0.25, 0.3) is 0 Å². The summed E-state index contributed by atoms with van der Waals surface area (Å²) in [7, 11) is 0. The highest BCUT2D eigenvalue weighted by molar-refractivity contribution is 5.85. The van der Waals surface area contributed by atoms with E-state index in [1.165, 1.54) is 12.1 Å². The quantitative estimate of drug-likeness (QED) is 0.879. The third kappa shape index (κ3) is 3.63. The first-order valence-electron chi connectivity index (χ1n) is 5.55. The van der Waals surface area contributed by atoms with Crippen LogP contribution in [0.5, 0.6) is 0 Å². The van der Waals surface area contributed by atoms with Gasteiger partial charge in [0, 0.05) is 43.9 Å². The topological polar surface area (TPSA) is 15.3 Å². The zero-order chi connectivity index (χ0) is 11.5. The Morgan fingerprint density at radius 2 is 2.18 bits per heavy atom. The summed E-state index contributed by atoms with van der Waals surface area (Å²) >= 11 is 0. The van der Waals surface area contributed by atoms with E-state index in [4.69, 9.17) is 0 Å². The number of hydrogen-bond acceptors (Lipinski definition) is 2. The maximum absolute atomic E-state index is 13.5. The second kappa shape index (κ2) is 6.28. The first-order valence-corrected chi connectivity index (χ1v) is 5.55. The molecule has 1 fully saturated rings. The summed E-state index contributed by atoms with van der Waals surface area (Å²) in [5, 5.41) is 3.28. The molecule has 1 heterocycles. The smallest absolute Gasteiger partial charge is 0.130 e. The molecule has 1 aromatic rings. The lowest BCUT2D eigenvalue weighted by Crippen LogP contribution is -2.49. The van der Waals surface area contributed by atoms with Crippen molar-refractivity contribution < 1.29 is 8.78 Å². The molecule has 1 aromatic carbocycles. The molecule has 0 aliphatic carbocycles. The minimum Gasteiger partial charge on any atom is -0.314 e. The summed E-state index contributed by atoms with van der Waals surface area (Å²) < 4.78 is 26.2. The molecule has 1 saturated heterocycles. The molecular weight excluding hydrogens is 246 g/mol. The summed E-state index contributed by atoms with van der Waals surface area (Å²) in [5.74, 6) is -0.972. The largest absolute Gasteiger partial charge is 0.314 e. The molecule has 1 aliphatic rings. The maximum atomic E-state index is 13.5. The zero-order valence-electron chi connectivity index (χ0n) is 9.75. The molecule has 96 valence electrons. The van der Waals surface area contributed by atoms with E-state index < -0.39 is 11.6 Å². The summed E-state index contributed by atoms with van der Waals surface area (Å²) in [4.78, 5) is 2.20. The molecule has 0 unspecified atom stereocenters. The summed E-state index contributed by atoms with van der Waals surface area (Å²) in [6, 6.07) is 4.17. The number of piperazine rings is 1. The Bertz CT molecular complexity index is 374. The van der Waals surface area contributed by atoms with Crippen LogP contribution in [0, 0.1) is 11.6 Å². The molecule has 5 heteroatoms. The lowest BCUT2D eigenvalue weighted by Gasteiger charge is -2.33. The van der Waals surface area contributed by atoms with E-state index in [2.05, 4.69) is 17.1 Å². The molecule has 1 N–H and O–H groups in total. The van der Waals surface area contributed by atoms with Crippen molar-refractivity contribution in [2.24, 2.45) is 0 Å². The Morgan fingerprint density at radius 3 is 2.82 bits per heavy atom. The van der Waals surface area contributed by atoms with Gasteiger partial charge in [0.2, 0.25) is 0 Å². The van der Waals surface area contributed by atoms with Gasteiger partial charge in [-0.05, 0) is 13.0 Å². The average molecular weight is 263 g/mol. The molecule has 2 nitrogen and oxygen atoms in total. The molecule has 0 amide bonds. The lowest BCUT2D eigenvalue weighted by atomic mass is 10.1. The van der Waals surface area contributed by atoms with Crippen molar-refractivity contribution in [3.8, 4) is 0 Å². The van der Waals surface area contributed by atoms with Gasteiger partial charge >= 0.3 is 0 Å². The predicted octanol–water partition coefficient (Wildman–Crippen LogP) is 2.18. The molecule has 1 aliphatic heterocycles. The maximum Gasteiger partial charge on any atom is 0.130 e. The summed E-state index contributed by atoms with van der Waals surface area (Å²) in [6.07, 6.45) is 0. The van der Waals surface area contributed by atoms with Crippen LogP contribution in [0.3, 0.4) is 0 Å². The minimum absolute atomic E-state index is 0. The molecule has 17 heavy (non-hydrogen) atoms. The third-order valence-electron chi connectivity index (χ3n) is 3.03. The van der Waals surface area contributed by atoms with Gasteiger partial charge in [-0.2, -0.15) is 0 Å². The molecule has 0 aromatic heterocycles. The van der Waals surface area contributed by atoms with Crippen molar-refractivity contribution >= 4 is 12.4 Å². The van der Waals surface area contributed by atoms with Crippen LogP contribution < -0.4 is 5.32 Å². The highest BCUT2D eigenvalue weighted by Gasteiger charge is 2.19. The van der Waals surface area contributed by atoms with Crippen molar-refractivity contribution in [3.05, 3.63) is 35.4 Å². The monoisotopic (exact) mass is 262 g/mol. The fourth-order valence-corrected chi connectivity index (χ4v) is 1.99. The Balaban J connectivity index is 0.00000144. The van der Waals surface area contributed by atoms with Crippen LogP contribution in [0.15, 0.2) is 18.2 Å². The number of hydrogen-bond donors (Lipinski definition) is 1. The SMILES string of the molecule is C[C@@H]1CNCCN1Cc1ccc(F)cc1F.Cl. The fraction of sp³-hybridized carbons (Fsp3) is 0.500. The number of halogens is 3. The average Bonchev–Trinajstić information content (AvgIpc) is 2.25. The molecule has 0 saturated carbocycles. The van der Waals surface area contributed by atoms with E-state index in [0.717, 1.165) is 25.7 Å². The Morgan fingerprint density at radius 1 is 1.41 bits per heavy atom. The molecule has 0 radical (unpaired) electrons. The molecular formula is C12H17ClF2N2. The van der Waals surface area contributed by atoms with Crippen LogP contribution >= 0.6 is 12.4 Å². The van der Waals surface area contributed by atoms with Crippen LogP contribution in [-0.2, 0) is 6.54 Å². The molecule has 1 atom stereocenters. The Kier molecular flexibility index (Phi) is 5.31. The first-order chi connectivity index (χ1) is 7.66. The Labute approximate surface area is 106 Å². The minimum atomic E-state index is -0.519. The van der Waals surface area contributed by atoms with Gasteiger partial charge < -0.3 is 5.32 Å². The Hall–Kier alpha value is -0.710. The van der Waals surface area contributed by atoms with Crippen molar-refractivity contribution in [2.45, 2.75) is 19.5 Å². The third-order valence-corrected chi connectivity index (χ3v) is 3.03. The predicted molar refractivity (Wildman–Crippen MR) is 66.3 cm³/mol. The van der Waals surface area contributed by atoms with Crippen LogP contribution in [0.4, 0.5) is 8.78 Å².